The molecule has 1 aliphatic rings. The number of aromatic hydroxyl groups is 1. The van der Waals surface area contributed by atoms with Gasteiger partial charge in [-0.15, -0.1) is 22.6 Å². The fourth-order valence-corrected chi connectivity index (χ4v) is 5.13. The van der Waals surface area contributed by atoms with E-state index in [-0.39, 0.29) is 36.5 Å². The molecule has 2 heterocycles. The van der Waals surface area contributed by atoms with Crippen molar-refractivity contribution >= 4 is 29.9 Å². The molecule has 0 spiro atoms. The Balaban J connectivity index is 0.00000387. The van der Waals surface area contributed by atoms with Crippen LogP contribution in [0.25, 0.3) is 22.5 Å². The van der Waals surface area contributed by atoms with E-state index in [0.717, 1.165) is 29.5 Å². The first-order valence-corrected chi connectivity index (χ1v) is 13.3. The number of imide groups is 1. The summed E-state index contributed by atoms with van der Waals surface area (Å²) in [6.07, 6.45) is 4.95. The van der Waals surface area contributed by atoms with Crippen molar-refractivity contribution in [2.45, 2.75) is 38.1 Å². The standard InChI is InChI=1S/C29H32N8O3.ClH/c30-16-19-3-7-22(8-4-19)28(39)37(24-12-9-21(10-13-24)27-33-35-36-34-27)29(40)25(31)15-18-1-5-20(6-2-18)23-11-14-26(38)32-17-23;/h1-2,5-6,9-14,17,19,22,25H,3-4,7-8,15-16,30-31H2,(H,32,38)(H,33,34,35,36);1H/t19-,22-,25-;/m0./s1. The van der Waals surface area contributed by atoms with Crippen molar-refractivity contribution in [1.82, 2.24) is 25.6 Å². The third kappa shape index (κ3) is 6.94. The zero-order valence-electron chi connectivity index (χ0n) is 22.4. The molecular weight excluding hydrogens is 544 g/mol. The number of hydrogen-bond acceptors (Lipinski definition) is 9. The van der Waals surface area contributed by atoms with Gasteiger partial charge in [0.15, 0.2) is 0 Å². The van der Waals surface area contributed by atoms with Gasteiger partial charge < -0.3 is 16.6 Å². The maximum atomic E-state index is 13.8. The van der Waals surface area contributed by atoms with Crippen molar-refractivity contribution in [2.75, 3.05) is 11.4 Å². The maximum absolute atomic E-state index is 13.8. The molecule has 2 aromatic carbocycles. The summed E-state index contributed by atoms with van der Waals surface area (Å²) in [5.41, 5.74) is 16.1. The van der Waals surface area contributed by atoms with Gasteiger partial charge in [-0.1, -0.05) is 24.3 Å². The lowest BCUT2D eigenvalue weighted by Gasteiger charge is -2.32. The first-order valence-electron chi connectivity index (χ1n) is 13.3. The molecule has 12 heteroatoms. The predicted molar refractivity (Wildman–Crippen MR) is 157 cm³/mol. The van der Waals surface area contributed by atoms with Crippen LogP contribution in [0.3, 0.4) is 0 Å². The molecule has 0 radical (unpaired) electrons. The van der Waals surface area contributed by atoms with E-state index in [9.17, 15) is 14.7 Å². The SMILES string of the molecule is Cl.NC[C@H]1CC[C@H](C(=O)N(C(=O)[C@@H](N)Cc2ccc(-c3ccc(O)nc3)cc2)c2ccc(-c3nn[nH]n3)cc2)CC1. The number of nitrogens with one attached hydrogen (secondary N) is 1. The molecule has 0 saturated heterocycles. The highest BCUT2D eigenvalue weighted by molar-refractivity contribution is 6.17. The Labute approximate surface area is 243 Å². The number of rotatable bonds is 8. The van der Waals surface area contributed by atoms with Gasteiger partial charge in [0.05, 0.1) is 11.7 Å². The van der Waals surface area contributed by atoms with Crippen LogP contribution in [-0.2, 0) is 16.0 Å². The third-order valence-corrected chi connectivity index (χ3v) is 7.51. The molecule has 2 amide bonds. The first kappa shape index (κ1) is 29.8. The molecule has 0 bridgehead atoms. The zero-order chi connectivity index (χ0) is 28.1. The molecule has 41 heavy (non-hydrogen) atoms. The van der Waals surface area contributed by atoms with Crippen molar-refractivity contribution in [1.29, 1.82) is 0 Å². The van der Waals surface area contributed by atoms with Crippen molar-refractivity contribution < 1.29 is 14.7 Å². The van der Waals surface area contributed by atoms with Crippen LogP contribution in [0, 0.1) is 11.8 Å². The van der Waals surface area contributed by atoms with Crippen LogP contribution in [0.15, 0.2) is 66.9 Å². The van der Waals surface area contributed by atoms with Gasteiger partial charge in [-0.25, -0.2) is 9.88 Å². The highest BCUT2D eigenvalue weighted by Gasteiger charge is 2.35. The lowest BCUT2D eigenvalue weighted by atomic mass is 9.81. The molecule has 1 aliphatic carbocycles. The number of carbonyl (C=O) groups is 2. The number of pyridine rings is 1. The number of carbonyl (C=O) groups excluding carboxylic acids is 2. The van der Waals surface area contributed by atoms with Crippen LogP contribution in [-0.4, -0.2) is 55.1 Å². The number of aromatic nitrogens is 5. The summed E-state index contributed by atoms with van der Waals surface area (Å²) in [6, 6.07) is 16.9. The number of halogens is 1. The Morgan fingerprint density at radius 3 is 2.20 bits per heavy atom. The van der Waals surface area contributed by atoms with E-state index < -0.39 is 11.9 Å². The van der Waals surface area contributed by atoms with Crippen LogP contribution < -0.4 is 16.4 Å². The molecule has 1 atom stereocenters. The Bertz CT molecular complexity index is 1420. The van der Waals surface area contributed by atoms with Crippen molar-refractivity contribution in [3.05, 3.63) is 72.4 Å². The molecule has 11 nitrogen and oxygen atoms in total. The number of tetrazole rings is 1. The molecule has 6 N–H and O–H groups in total. The Kier molecular flexibility index (Phi) is 9.77. The molecule has 214 valence electrons. The van der Waals surface area contributed by atoms with E-state index >= 15 is 0 Å². The number of anilines is 1. The molecule has 0 unspecified atom stereocenters. The van der Waals surface area contributed by atoms with Gasteiger partial charge in [-0.3, -0.25) is 9.59 Å². The van der Waals surface area contributed by atoms with E-state index in [1.165, 1.54) is 11.0 Å². The number of nitrogens with zero attached hydrogens (tertiary/aromatic N) is 5. The van der Waals surface area contributed by atoms with Gasteiger partial charge in [-0.05, 0) is 91.2 Å². The van der Waals surface area contributed by atoms with Crippen molar-refractivity contribution in [2.24, 2.45) is 23.3 Å². The highest BCUT2D eigenvalue weighted by atomic mass is 35.5. The van der Waals surface area contributed by atoms with Gasteiger partial charge in [0, 0.05) is 29.3 Å². The minimum absolute atomic E-state index is 0. The van der Waals surface area contributed by atoms with E-state index in [4.69, 9.17) is 11.5 Å². The number of aromatic amines is 1. The lowest BCUT2D eigenvalue weighted by molar-refractivity contribution is -0.130. The summed E-state index contributed by atoms with van der Waals surface area (Å²) in [5, 5.41) is 23.4. The van der Waals surface area contributed by atoms with Crippen LogP contribution >= 0.6 is 12.4 Å². The van der Waals surface area contributed by atoms with Crippen molar-refractivity contribution in [3.8, 4) is 28.4 Å². The van der Waals surface area contributed by atoms with Gasteiger partial charge in [0.25, 0.3) is 5.91 Å². The number of nitrogens with two attached hydrogens (primary N) is 2. The molecule has 4 aromatic rings. The number of H-pyrrole nitrogens is 1. The van der Waals surface area contributed by atoms with Gasteiger partial charge in [-0.2, -0.15) is 5.21 Å². The highest BCUT2D eigenvalue weighted by Crippen LogP contribution is 2.32. The second-order valence-electron chi connectivity index (χ2n) is 10.2. The second-order valence-corrected chi connectivity index (χ2v) is 10.2. The van der Waals surface area contributed by atoms with E-state index in [1.54, 1.807) is 36.5 Å². The summed E-state index contributed by atoms with van der Waals surface area (Å²) in [5.74, 6) is -0.178. The topological polar surface area (TPSA) is 177 Å². The smallest absolute Gasteiger partial charge is 0.251 e. The molecule has 0 aliphatic heterocycles. The molecular formula is C29H33ClN8O3. The lowest BCUT2D eigenvalue weighted by Crippen LogP contribution is -2.50. The summed E-state index contributed by atoms with van der Waals surface area (Å²) in [7, 11) is 0. The van der Waals surface area contributed by atoms with Gasteiger partial charge >= 0.3 is 0 Å². The van der Waals surface area contributed by atoms with Crippen LogP contribution in [0.2, 0.25) is 0 Å². The number of hydrogen-bond donors (Lipinski definition) is 4. The van der Waals surface area contributed by atoms with Crippen LogP contribution in [0.4, 0.5) is 5.69 Å². The predicted octanol–water partition coefficient (Wildman–Crippen LogP) is 3.25. The number of amides is 2. The van der Waals surface area contributed by atoms with E-state index in [0.29, 0.717) is 42.4 Å². The molecule has 2 aromatic heterocycles. The van der Waals surface area contributed by atoms with Crippen molar-refractivity contribution in [3.63, 3.8) is 0 Å². The average Bonchev–Trinajstić information content (AvgIpc) is 3.54. The summed E-state index contributed by atoms with van der Waals surface area (Å²) in [4.78, 5) is 32.7. The molecule has 5 rings (SSSR count). The monoisotopic (exact) mass is 576 g/mol. The number of benzene rings is 2. The minimum Gasteiger partial charge on any atom is -0.493 e. The first-order chi connectivity index (χ1) is 19.4. The van der Waals surface area contributed by atoms with Gasteiger partial charge in [0.2, 0.25) is 17.6 Å². The fourth-order valence-electron chi connectivity index (χ4n) is 5.13. The largest absolute Gasteiger partial charge is 0.493 e. The van der Waals surface area contributed by atoms with E-state index in [1.807, 2.05) is 24.3 Å². The summed E-state index contributed by atoms with van der Waals surface area (Å²) < 4.78 is 0. The van der Waals surface area contributed by atoms with Gasteiger partial charge in [0.1, 0.15) is 0 Å². The third-order valence-electron chi connectivity index (χ3n) is 7.51. The van der Waals surface area contributed by atoms with Crippen LogP contribution in [0.1, 0.15) is 31.2 Å². The zero-order valence-corrected chi connectivity index (χ0v) is 23.2. The molecule has 1 fully saturated rings. The van der Waals surface area contributed by atoms with E-state index in [2.05, 4.69) is 25.6 Å². The Morgan fingerprint density at radius 2 is 1.61 bits per heavy atom. The minimum atomic E-state index is -0.928. The van der Waals surface area contributed by atoms with Crippen LogP contribution in [0.5, 0.6) is 5.88 Å². The Morgan fingerprint density at radius 1 is 0.951 bits per heavy atom. The fraction of sp³-hybridized carbons (Fsp3) is 0.310. The summed E-state index contributed by atoms with van der Waals surface area (Å²) >= 11 is 0. The molecule has 1 saturated carbocycles. The summed E-state index contributed by atoms with van der Waals surface area (Å²) in [6.45, 7) is 0.605. The second kappa shape index (κ2) is 13.4. The average molecular weight is 577 g/mol. The normalized spacial score (nSPS) is 17.3. The maximum Gasteiger partial charge on any atom is 0.251 e. The Hall–Kier alpha value is -4.19. The quantitative estimate of drug-likeness (QED) is 0.245.